The summed E-state index contributed by atoms with van der Waals surface area (Å²) in [5, 5.41) is 2.62. The number of nitrogens with one attached hydrogen (secondary N) is 1. The molecule has 104 valence electrons. The molecule has 0 radical (unpaired) electrons. The van der Waals surface area contributed by atoms with Gasteiger partial charge in [-0.2, -0.15) is 13.2 Å². The number of amides is 1. The minimum Gasteiger partial charge on any atom is -0.327 e. The van der Waals surface area contributed by atoms with Crippen LogP contribution in [-0.2, 0) is 4.79 Å². The Labute approximate surface area is 105 Å². The average molecular weight is 264 g/mol. The number of likely N-dealkylation sites (tertiary alicyclic amines) is 1. The highest BCUT2D eigenvalue weighted by Gasteiger charge is 2.60. The summed E-state index contributed by atoms with van der Waals surface area (Å²) in [6.07, 6.45) is -1.70. The highest BCUT2D eigenvalue weighted by Crippen LogP contribution is 2.44. The Kier molecular flexibility index (Phi) is 3.58. The average Bonchev–Trinajstić information content (AvgIpc) is 3.11. The van der Waals surface area contributed by atoms with Gasteiger partial charge in [0.1, 0.15) is 0 Å². The third-order valence-electron chi connectivity index (χ3n) is 3.93. The Morgan fingerprint density at radius 3 is 2.56 bits per heavy atom. The normalized spacial score (nSPS) is 29.4. The molecule has 18 heavy (non-hydrogen) atoms. The van der Waals surface area contributed by atoms with Gasteiger partial charge >= 0.3 is 6.18 Å². The molecule has 2 aliphatic rings. The summed E-state index contributed by atoms with van der Waals surface area (Å²) in [6.45, 7) is 0.0193. The Balaban J connectivity index is 2.29. The van der Waals surface area contributed by atoms with Crippen LogP contribution in [0.1, 0.15) is 32.1 Å². The van der Waals surface area contributed by atoms with Crippen LogP contribution in [0.5, 0.6) is 0 Å². The molecule has 1 unspecified atom stereocenters. The Hall–Kier alpha value is -0.780. The lowest BCUT2D eigenvalue weighted by Crippen LogP contribution is -2.67. The summed E-state index contributed by atoms with van der Waals surface area (Å²) in [5.74, 6) is -0.469. The SMILES string of the molecule is CNCC1(C(F)(F)F)CCCCN1C(=O)C1CC1. The minimum absolute atomic E-state index is 0.00972. The van der Waals surface area contributed by atoms with Gasteiger partial charge in [0.05, 0.1) is 0 Å². The fourth-order valence-electron chi connectivity index (χ4n) is 2.78. The fourth-order valence-corrected chi connectivity index (χ4v) is 2.78. The van der Waals surface area contributed by atoms with Crippen LogP contribution in [0, 0.1) is 5.92 Å². The van der Waals surface area contributed by atoms with Gasteiger partial charge in [-0.1, -0.05) is 0 Å². The molecule has 1 aliphatic heterocycles. The van der Waals surface area contributed by atoms with Crippen LogP contribution in [0.25, 0.3) is 0 Å². The molecule has 1 saturated carbocycles. The maximum Gasteiger partial charge on any atom is 0.412 e. The zero-order valence-electron chi connectivity index (χ0n) is 10.5. The van der Waals surface area contributed by atoms with Crippen molar-refractivity contribution in [2.75, 3.05) is 20.1 Å². The van der Waals surface area contributed by atoms with E-state index in [9.17, 15) is 18.0 Å². The summed E-state index contributed by atoms with van der Waals surface area (Å²) in [6, 6.07) is 0. The van der Waals surface area contributed by atoms with E-state index in [0.717, 1.165) is 17.7 Å². The highest BCUT2D eigenvalue weighted by molar-refractivity contribution is 5.82. The van der Waals surface area contributed by atoms with Gasteiger partial charge in [-0.25, -0.2) is 0 Å². The molecule has 2 fully saturated rings. The molecule has 6 heteroatoms. The molecular formula is C12H19F3N2O. The third-order valence-corrected chi connectivity index (χ3v) is 3.93. The molecule has 1 saturated heterocycles. The number of carbonyl (C=O) groups excluding carboxylic acids is 1. The van der Waals surface area contributed by atoms with E-state index in [-0.39, 0.29) is 31.3 Å². The van der Waals surface area contributed by atoms with Crippen molar-refractivity contribution in [1.82, 2.24) is 10.2 Å². The van der Waals surface area contributed by atoms with Crippen molar-refractivity contribution < 1.29 is 18.0 Å². The van der Waals surface area contributed by atoms with Crippen LogP contribution >= 0.6 is 0 Å². The molecule has 3 nitrogen and oxygen atoms in total. The van der Waals surface area contributed by atoms with Crippen molar-refractivity contribution in [1.29, 1.82) is 0 Å². The van der Waals surface area contributed by atoms with Crippen LogP contribution in [-0.4, -0.2) is 42.7 Å². The molecular weight excluding hydrogens is 245 g/mol. The third kappa shape index (κ3) is 2.22. The first-order valence-corrected chi connectivity index (χ1v) is 6.45. The standard InChI is InChI=1S/C12H19F3N2O/c1-16-8-11(12(13,14)15)6-2-3-7-17(11)10(18)9-4-5-9/h9,16H,2-8H2,1H3. The Morgan fingerprint density at radius 2 is 2.06 bits per heavy atom. The molecule has 0 bridgehead atoms. The number of carbonyl (C=O) groups is 1. The van der Waals surface area contributed by atoms with Crippen molar-refractivity contribution in [2.24, 2.45) is 5.92 Å². The first kappa shape index (κ1) is 13.6. The van der Waals surface area contributed by atoms with Gasteiger partial charge in [-0.3, -0.25) is 4.79 Å². The molecule has 2 rings (SSSR count). The number of piperidine rings is 1. The van der Waals surface area contributed by atoms with E-state index >= 15 is 0 Å². The van der Waals surface area contributed by atoms with E-state index in [4.69, 9.17) is 0 Å². The van der Waals surface area contributed by atoms with Crippen molar-refractivity contribution >= 4 is 5.91 Å². The zero-order valence-corrected chi connectivity index (χ0v) is 10.5. The van der Waals surface area contributed by atoms with Gasteiger partial charge in [0, 0.05) is 19.0 Å². The molecule has 0 aromatic heterocycles. The second-order valence-electron chi connectivity index (χ2n) is 5.28. The molecule has 1 heterocycles. The Morgan fingerprint density at radius 1 is 1.39 bits per heavy atom. The predicted octanol–water partition coefficient (Wildman–Crippen LogP) is 1.93. The monoisotopic (exact) mass is 264 g/mol. The summed E-state index contributed by atoms with van der Waals surface area (Å²) in [4.78, 5) is 13.2. The lowest BCUT2D eigenvalue weighted by atomic mass is 9.85. The highest BCUT2D eigenvalue weighted by atomic mass is 19.4. The largest absolute Gasteiger partial charge is 0.412 e. The van der Waals surface area contributed by atoms with Crippen LogP contribution in [0.3, 0.4) is 0 Å². The predicted molar refractivity (Wildman–Crippen MR) is 61.0 cm³/mol. The van der Waals surface area contributed by atoms with Gasteiger partial charge in [0.15, 0.2) is 5.54 Å². The van der Waals surface area contributed by atoms with E-state index in [1.807, 2.05) is 0 Å². The van der Waals surface area contributed by atoms with Crippen LogP contribution < -0.4 is 5.32 Å². The van der Waals surface area contributed by atoms with E-state index in [2.05, 4.69) is 5.32 Å². The molecule has 0 spiro atoms. The molecule has 1 N–H and O–H groups in total. The smallest absolute Gasteiger partial charge is 0.327 e. The number of likely N-dealkylation sites (N-methyl/N-ethyl adjacent to an activating group) is 1. The molecule has 1 atom stereocenters. The van der Waals surface area contributed by atoms with Crippen molar-refractivity contribution in [3.8, 4) is 0 Å². The van der Waals surface area contributed by atoms with Gasteiger partial charge in [0.2, 0.25) is 5.91 Å². The van der Waals surface area contributed by atoms with Crippen molar-refractivity contribution in [2.45, 2.75) is 43.8 Å². The first-order chi connectivity index (χ1) is 8.42. The fraction of sp³-hybridized carbons (Fsp3) is 0.917. The second kappa shape index (κ2) is 4.72. The topological polar surface area (TPSA) is 32.3 Å². The van der Waals surface area contributed by atoms with Crippen LogP contribution in [0.15, 0.2) is 0 Å². The minimum atomic E-state index is -4.37. The lowest BCUT2D eigenvalue weighted by molar-refractivity contribution is -0.239. The molecule has 1 amide bonds. The molecule has 0 aromatic carbocycles. The lowest BCUT2D eigenvalue weighted by Gasteiger charge is -2.48. The number of alkyl halides is 3. The van der Waals surface area contributed by atoms with Gasteiger partial charge in [-0.05, 0) is 39.2 Å². The molecule has 0 aromatic rings. The van der Waals surface area contributed by atoms with Gasteiger partial charge < -0.3 is 10.2 Å². The number of nitrogens with zero attached hydrogens (tertiary/aromatic N) is 1. The van der Waals surface area contributed by atoms with Crippen LogP contribution in [0.2, 0.25) is 0 Å². The second-order valence-corrected chi connectivity index (χ2v) is 5.28. The van der Waals surface area contributed by atoms with E-state index < -0.39 is 11.7 Å². The quantitative estimate of drug-likeness (QED) is 0.844. The van der Waals surface area contributed by atoms with Crippen molar-refractivity contribution in [3.05, 3.63) is 0 Å². The maximum atomic E-state index is 13.4. The molecule has 1 aliphatic carbocycles. The van der Waals surface area contributed by atoms with Crippen molar-refractivity contribution in [3.63, 3.8) is 0 Å². The Bertz CT molecular complexity index is 324. The summed E-state index contributed by atoms with van der Waals surface area (Å²) < 4.78 is 40.3. The van der Waals surface area contributed by atoms with Crippen LogP contribution in [0.4, 0.5) is 13.2 Å². The summed E-state index contributed by atoms with van der Waals surface area (Å²) in [7, 11) is 1.50. The summed E-state index contributed by atoms with van der Waals surface area (Å²) in [5.41, 5.74) is -2.00. The number of hydrogen-bond acceptors (Lipinski definition) is 2. The maximum absolute atomic E-state index is 13.4. The first-order valence-electron chi connectivity index (χ1n) is 6.45. The van der Waals surface area contributed by atoms with E-state index in [0.29, 0.717) is 12.8 Å². The number of rotatable bonds is 3. The van der Waals surface area contributed by atoms with E-state index in [1.165, 1.54) is 7.05 Å². The number of hydrogen-bond donors (Lipinski definition) is 1. The summed E-state index contributed by atoms with van der Waals surface area (Å²) >= 11 is 0. The van der Waals surface area contributed by atoms with E-state index in [1.54, 1.807) is 0 Å². The number of halogens is 3. The van der Waals surface area contributed by atoms with Gasteiger partial charge in [0.25, 0.3) is 0 Å². The zero-order chi connectivity index (χ0) is 13.4. The van der Waals surface area contributed by atoms with Gasteiger partial charge in [-0.15, -0.1) is 0 Å².